The maximum Gasteiger partial charge on any atom is 0.335 e. The SMILES string of the molecule is COc1cc(C(=O)O)ccc1OCCOc1ccccc1F. The molecule has 0 fully saturated rings. The van der Waals surface area contributed by atoms with E-state index in [1.54, 1.807) is 12.1 Å². The number of rotatable bonds is 7. The van der Waals surface area contributed by atoms with E-state index in [0.717, 1.165) is 0 Å². The number of para-hydroxylation sites is 1. The molecular formula is C16H15FO5. The molecule has 0 radical (unpaired) electrons. The minimum Gasteiger partial charge on any atom is -0.493 e. The molecule has 22 heavy (non-hydrogen) atoms. The second kappa shape index (κ2) is 7.31. The standard InChI is InChI=1S/C16H15FO5/c1-20-15-10-11(16(18)19)6-7-14(15)22-9-8-21-13-5-3-2-4-12(13)17/h2-7,10H,8-9H2,1H3,(H,18,19). The van der Waals surface area contributed by atoms with Crippen LogP contribution in [-0.2, 0) is 0 Å². The summed E-state index contributed by atoms with van der Waals surface area (Å²) in [6, 6.07) is 10.4. The molecule has 0 atom stereocenters. The highest BCUT2D eigenvalue weighted by atomic mass is 19.1. The smallest absolute Gasteiger partial charge is 0.335 e. The number of hydrogen-bond acceptors (Lipinski definition) is 4. The number of carbonyl (C=O) groups is 1. The lowest BCUT2D eigenvalue weighted by atomic mass is 10.2. The van der Waals surface area contributed by atoms with Gasteiger partial charge in [0.1, 0.15) is 13.2 Å². The molecule has 0 heterocycles. The zero-order valence-corrected chi connectivity index (χ0v) is 11.9. The van der Waals surface area contributed by atoms with Crippen LogP contribution in [-0.4, -0.2) is 31.4 Å². The van der Waals surface area contributed by atoms with Crippen LogP contribution in [0.15, 0.2) is 42.5 Å². The van der Waals surface area contributed by atoms with Crippen molar-refractivity contribution in [3.8, 4) is 17.2 Å². The lowest BCUT2D eigenvalue weighted by Gasteiger charge is -2.12. The van der Waals surface area contributed by atoms with Gasteiger partial charge in [-0.25, -0.2) is 9.18 Å². The maximum atomic E-state index is 13.3. The van der Waals surface area contributed by atoms with Crippen molar-refractivity contribution in [1.29, 1.82) is 0 Å². The van der Waals surface area contributed by atoms with Gasteiger partial charge in [-0.3, -0.25) is 0 Å². The Labute approximate surface area is 126 Å². The van der Waals surface area contributed by atoms with Gasteiger partial charge in [0.05, 0.1) is 12.7 Å². The number of carboxylic acid groups (broad SMARTS) is 1. The van der Waals surface area contributed by atoms with Gasteiger partial charge in [0.2, 0.25) is 0 Å². The lowest BCUT2D eigenvalue weighted by molar-refractivity contribution is 0.0696. The second-order valence-corrected chi connectivity index (χ2v) is 4.30. The Morgan fingerprint density at radius 2 is 1.73 bits per heavy atom. The second-order valence-electron chi connectivity index (χ2n) is 4.30. The summed E-state index contributed by atoms with van der Waals surface area (Å²) in [5, 5.41) is 8.91. The van der Waals surface area contributed by atoms with Crippen molar-refractivity contribution in [2.24, 2.45) is 0 Å². The van der Waals surface area contributed by atoms with Gasteiger partial charge in [0.15, 0.2) is 23.1 Å². The number of hydrogen-bond donors (Lipinski definition) is 1. The lowest BCUT2D eigenvalue weighted by Crippen LogP contribution is -2.10. The van der Waals surface area contributed by atoms with E-state index in [4.69, 9.17) is 19.3 Å². The van der Waals surface area contributed by atoms with Crippen LogP contribution in [0.2, 0.25) is 0 Å². The van der Waals surface area contributed by atoms with E-state index in [2.05, 4.69) is 0 Å². The van der Waals surface area contributed by atoms with Gasteiger partial charge >= 0.3 is 5.97 Å². The molecule has 0 spiro atoms. The van der Waals surface area contributed by atoms with E-state index >= 15 is 0 Å². The molecule has 0 aliphatic heterocycles. The highest BCUT2D eigenvalue weighted by Gasteiger charge is 2.10. The first kappa shape index (κ1) is 15.6. The molecular weight excluding hydrogens is 291 g/mol. The van der Waals surface area contributed by atoms with Crippen LogP contribution in [0, 0.1) is 5.82 Å². The third-order valence-electron chi connectivity index (χ3n) is 2.85. The molecule has 0 amide bonds. The summed E-state index contributed by atoms with van der Waals surface area (Å²) in [4.78, 5) is 10.9. The van der Waals surface area contributed by atoms with E-state index in [1.165, 1.54) is 37.4 Å². The molecule has 0 saturated heterocycles. The Morgan fingerprint density at radius 3 is 2.36 bits per heavy atom. The molecule has 0 aliphatic carbocycles. The number of aromatic carboxylic acids is 1. The summed E-state index contributed by atoms with van der Waals surface area (Å²) in [7, 11) is 1.42. The van der Waals surface area contributed by atoms with Gasteiger partial charge in [-0.2, -0.15) is 0 Å². The average molecular weight is 306 g/mol. The number of ether oxygens (including phenoxy) is 3. The summed E-state index contributed by atoms with van der Waals surface area (Å²) in [5.74, 6) is -0.631. The van der Waals surface area contributed by atoms with Gasteiger partial charge in [0.25, 0.3) is 0 Å². The monoisotopic (exact) mass is 306 g/mol. The van der Waals surface area contributed by atoms with E-state index in [-0.39, 0.29) is 24.5 Å². The van der Waals surface area contributed by atoms with Crippen LogP contribution in [0.4, 0.5) is 4.39 Å². The van der Waals surface area contributed by atoms with Crippen molar-refractivity contribution < 1.29 is 28.5 Å². The summed E-state index contributed by atoms with van der Waals surface area (Å²) in [6.45, 7) is 0.307. The average Bonchev–Trinajstić information content (AvgIpc) is 2.53. The summed E-state index contributed by atoms with van der Waals surface area (Å²) in [6.07, 6.45) is 0. The van der Waals surface area contributed by atoms with Crippen molar-refractivity contribution in [2.45, 2.75) is 0 Å². The molecule has 0 aliphatic rings. The summed E-state index contributed by atoms with van der Waals surface area (Å²) < 4.78 is 29.1. The third kappa shape index (κ3) is 3.88. The molecule has 116 valence electrons. The van der Waals surface area contributed by atoms with Crippen LogP contribution >= 0.6 is 0 Å². The van der Waals surface area contributed by atoms with Crippen LogP contribution in [0.5, 0.6) is 17.2 Å². The molecule has 1 N–H and O–H groups in total. The van der Waals surface area contributed by atoms with E-state index in [9.17, 15) is 9.18 Å². The van der Waals surface area contributed by atoms with Crippen molar-refractivity contribution in [2.75, 3.05) is 20.3 Å². The fourth-order valence-corrected chi connectivity index (χ4v) is 1.78. The van der Waals surface area contributed by atoms with E-state index in [0.29, 0.717) is 11.5 Å². The molecule has 2 aromatic carbocycles. The highest BCUT2D eigenvalue weighted by Crippen LogP contribution is 2.28. The van der Waals surface area contributed by atoms with Crippen molar-refractivity contribution in [1.82, 2.24) is 0 Å². The Kier molecular flexibility index (Phi) is 5.19. The molecule has 0 unspecified atom stereocenters. The normalized spacial score (nSPS) is 10.1. The van der Waals surface area contributed by atoms with Crippen molar-refractivity contribution in [3.63, 3.8) is 0 Å². The predicted molar refractivity (Wildman–Crippen MR) is 77.3 cm³/mol. The molecule has 0 aromatic heterocycles. The molecule has 2 aromatic rings. The first-order valence-electron chi connectivity index (χ1n) is 6.53. The predicted octanol–water partition coefficient (Wildman–Crippen LogP) is 2.99. The Hall–Kier alpha value is -2.76. The van der Waals surface area contributed by atoms with Crippen molar-refractivity contribution in [3.05, 3.63) is 53.8 Å². The maximum absolute atomic E-state index is 13.3. The van der Waals surface area contributed by atoms with Crippen molar-refractivity contribution >= 4 is 5.97 Å². The Bertz CT molecular complexity index is 657. The fraction of sp³-hybridized carbons (Fsp3) is 0.188. The molecule has 5 nitrogen and oxygen atoms in total. The minimum atomic E-state index is -1.05. The zero-order chi connectivity index (χ0) is 15.9. The number of carboxylic acids is 1. The largest absolute Gasteiger partial charge is 0.493 e. The quantitative estimate of drug-likeness (QED) is 0.797. The molecule has 2 rings (SSSR count). The zero-order valence-electron chi connectivity index (χ0n) is 11.9. The van der Waals surface area contributed by atoms with Crippen LogP contribution < -0.4 is 14.2 Å². The van der Waals surface area contributed by atoms with Gasteiger partial charge in [-0.15, -0.1) is 0 Å². The van der Waals surface area contributed by atoms with Gasteiger partial charge in [-0.05, 0) is 30.3 Å². The van der Waals surface area contributed by atoms with Gasteiger partial charge in [-0.1, -0.05) is 12.1 Å². The minimum absolute atomic E-state index is 0.104. The van der Waals surface area contributed by atoms with Gasteiger partial charge < -0.3 is 19.3 Å². The topological polar surface area (TPSA) is 65.0 Å². The molecule has 0 bridgehead atoms. The highest BCUT2D eigenvalue weighted by molar-refractivity contribution is 5.88. The van der Waals surface area contributed by atoms with E-state index < -0.39 is 11.8 Å². The van der Waals surface area contributed by atoms with Crippen LogP contribution in [0.1, 0.15) is 10.4 Å². The summed E-state index contributed by atoms with van der Waals surface area (Å²) in [5.41, 5.74) is 0.104. The van der Waals surface area contributed by atoms with Gasteiger partial charge in [0, 0.05) is 0 Å². The summed E-state index contributed by atoms with van der Waals surface area (Å²) >= 11 is 0. The fourth-order valence-electron chi connectivity index (χ4n) is 1.78. The van der Waals surface area contributed by atoms with Crippen LogP contribution in [0.25, 0.3) is 0 Å². The van der Waals surface area contributed by atoms with E-state index in [1.807, 2.05) is 0 Å². The first-order valence-corrected chi connectivity index (χ1v) is 6.53. The third-order valence-corrected chi connectivity index (χ3v) is 2.85. The molecule has 0 saturated carbocycles. The Morgan fingerprint density at radius 1 is 1.05 bits per heavy atom. The number of benzene rings is 2. The first-order chi connectivity index (χ1) is 10.6. The number of halogens is 1. The Balaban J connectivity index is 1.92. The van der Waals surface area contributed by atoms with Crippen LogP contribution in [0.3, 0.4) is 0 Å². The number of methoxy groups -OCH3 is 1. The molecule has 6 heteroatoms.